The molecule has 1 aliphatic heterocycles. The van der Waals surface area contributed by atoms with Gasteiger partial charge in [-0.1, -0.05) is 0 Å². The number of aliphatic imine (C=N–C) groups is 1. The monoisotopic (exact) mass is 452 g/mol. The standard InChI is InChI=1S/C22H20N4O5S/c27-18-4-2-16(3-5-18)22(28)26-12-17(25-15-26)13-31-19-6-8-20(9-7-19)32(29,30)14-21-23-10-1-11-24-21/h1-11,15,17,27H,12-14H2. The van der Waals surface area contributed by atoms with E-state index in [9.17, 15) is 18.3 Å². The normalized spacial score (nSPS) is 15.6. The van der Waals surface area contributed by atoms with Crippen LogP contribution in [0.3, 0.4) is 0 Å². The van der Waals surface area contributed by atoms with E-state index in [2.05, 4.69) is 15.0 Å². The molecule has 0 bridgehead atoms. The van der Waals surface area contributed by atoms with E-state index in [0.29, 0.717) is 17.9 Å². The molecule has 1 aromatic heterocycles. The molecule has 0 fully saturated rings. The Morgan fingerprint density at radius 1 is 1.06 bits per heavy atom. The summed E-state index contributed by atoms with van der Waals surface area (Å²) >= 11 is 0. The molecule has 2 heterocycles. The van der Waals surface area contributed by atoms with Crippen LogP contribution in [-0.4, -0.2) is 59.8 Å². The highest BCUT2D eigenvalue weighted by Crippen LogP contribution is 2.20. The van der Waals surface area contributed by atoms with Gasteiger partial charge in [-0.25, -0.2) is 18.4 Å². The molecule has 164 valence electrons. The fourth-order valence-electron chi connectivity index (χ4n) is 3.09. The van der Waals surface area contributed by atoms with Crippen LogP contribution in [0.1, 0.15) is 16.2 Å². The van der Waals surface area contributed by atoms with Crippen LogP contribution in [0.5, 0.6) is 11.5 Å². The molecule has 0 spiro atoms. The molecular weight excluding hydrogens is 432 g/mol. The second-order valence-corrected chi connectivity index (χ2v) is 9.12. The van der Waals surface area contributed by atoms with Crippen LogP contribution in [0, 0.1) is 0 Å². The number of nitrogens with zero attached hydrogens (tertiary/aromatic N) is 4. The molecule has 3 aromatic rings. The molecule has 0 aliphatic carbocycles. The van der Waals surface area contributed by atoms with Gasteiger partial charge in [0.15, 0.2) is 9.84 Å². The Balaban J connectivity index is 1.31. The highest BCUT2D eigenvalue weighted by molar-refractivity contribution is 7.90. The molecule has 0 saturated carbocycles. The Bertz CT molecular complexity index is 1210. The van der Waals surface area contributed by atoms with Crippen molar-refractivity contribution in [3.8, 4) is 11.5 Å². The van der Waals surface area contributed by atoms with Gasteiger partial charge in [0.1, 0.15) is 35.7 Å². The van der Waals surface area contributed by atoms with E-state index in [1.165, 1.54) is 47.9 Å². The van der Waals surface area contributed by atoms with Crippen molar-refractivity contribution in [2.24, 2.45) is 4.99 Å². The molecule has 2 aromatic carbocycles. The molecule has 1 unspecified atom stereocenters. The van der Waals surface area contributed by atoms with Gasteiger partial charge < -0.3 is 9.84 Å². The summed E-state index contributed by atoms with van der Waals surface area (Å²) in [6, 6.07) is 13.5. The van der Waals surface area contributed by atoms with Gasteiger partial charge in [0, 0.05) is 18.0 Å². The second kappa shape index (κ2) is 9.15. The minimum atomic E-state index is -3.57. The average molecular weight is 452 g/mol. The number of phenols is 1. The lowest BCUT2D eigenvalue weighted by Gasteiger charge is -2.15. The van der Waals surface area contributed by atoms with Gasteiger partial charge in [-0.3, -0.25) is 14.7 Å². The molecule has 1 N–H and O–H groups in total. The van der Waals surface area contributed by atoms with Crippen LogP contribution >= 0.6 is 0 Å². The zero-order valence-corrected chi connectivity index (χ0v) is 17.7. The first-order valence-electron chi connectivity index (χ1n) is 9.75. The average Bonchev–Trinajstić information content (AvgIpc) is 3.27. The van der Waals surface area contributed by atoms with Gasteiger partial charge in [-0.05, 0) is 54.6 Å². The number of aromatic hydroxyl groups is 1. The third kappa shape index (κ3) is 5.09. The summed E-state index contributed by atoms with van der Waals surface area (Å²) < 4.78 is 30.8. The number of aromatic nitrogens is 2. The smallest absolute Gasteiger partial charge is 0.259 e. The zero-order valence-electron chi connectivity index (χ0n) is 16.9. The van der Waals surface area contributed by atoms with E-state index in [0.717, 1.165) is 0 Å². The van der Waals surface area contributed by atoms with E-state index >= 15 is 0 Å². The summed E-state index contributed by atoms with van der Waals surface area (Å²) in [6.07, 6.45) is 4.48. The van der Waals surface area contributed by atoms with Crippen molar-refractivity contribution < 1.29 is 23.1 Å². The Hall–Kier alpha value is -3.79. The number of amides is 1. The largest absolute Gasteiger partial charge is 0.508 e. The summed E-state index contributed by atoms with van der Waals surface area (Å²) in [6.45, 7) is 0.600. The van der Waals surface area contributed by atoms with Gasteiger partial charge in [0.2, 0.25) is 0 Å². The SMILES string of the molecule is O=C(c1ccc(O)cc1)N1C=NC(COc2ccc(S(=O)(=O)Cc3ncccn3)cc2)C1. The van der Waals surface area contributed by atoms with Crippen molar-refractivity contribution in [2.75, 3.05) is 13.2 Å². The van der Waals surface area contributed by atoms with Crippen LogP contribution in [0.2, 0.25) is 0 Å². The fraction of sp³-hybridized carbons (Fsp3) is 0.182. The molecule has 1 amide bonds. The lowest BCUT2D eigenvalue weighted by atomic mass is 10.2. The number of sulfone groups is 1. The van der Waals surface area contributed by atoms with Crippen LogP contribution in [0.15, 0.2) is 76.9 Å². The Morgan fingerprint density at radius 2 is 1.75 bits per heavy atom. The molecule has 1 atom stereocenters. The second-order valence-electron chi connectivity index (χ2n) is 7.13. The number of rotatable bonds is 7. The summed E-state index contributed by atoms with van der Waals surface area (Å²) in [4.78, 5) is 26.3. The quantitative estimate of drug-likeness (QED) is 0.582. The Labute approximate surface area is 185 Å². The minimum absolute atomic E-state index is 0.0927. The molecule has 0 radical (unpaired) electrons. The Morgan fingerprint density at radius 3 is 2.44 bits per heavy atom. The van der Waals surface area contributed by atoms with Gasteiger partial charge in [0.25, 0.3) is 5.91 Å². The molecule has 32 heavy (non-hydrogen) atoms. The fourth-order valence-corrected chi connectivity index (χ4v) is 4.30. The maximum atomic E-state index is 12.5. The van der Waals surface area contributed by atoms with Crippen molar-refractivity contribution in [1.82, 2.24) is 14.9 Å². The third-order valence-electron chi connectivity index (χ3n) is 4.76. The van der Waals surface area contributed by atoms with Crippen LogP contribution in [-0.2, 0) is 15.6 Å². The number of ether oxygens (including phenoxy) is 1. The molecule has 0 saturated heterocycles. The van der Waals surface area contributed by atoms with Gasteiger partial charge in [0.05, 0.1) is 17.8 Å². The minimum Gasteiger partial charge on any atom is -0.508 e. The number of carbonyl (C=O) groups excluding carboxylic acids is 1. The first-order chi connectivity index (χ1) is 15.4. The molecule has 10 heteroatoms. The van der Waals surface area contributed by atoms with E-state index in [1.54, 1.807) is 30.3 Å². The summed E-state index contributed by atoms with van der Waals surface area (Å²) in [7, 11) is -3.57. The van der Waals surface area contributed by atoms with Crippen molar-refractivity contribution in [3.63, 3.8) is 0 Å². The number of hydrogen-bond acceptors (Lipinski definition) is 8. The van der Waals surface area contributed by atoms with Gasteiger partial charge in [-0.15, -0.1) is 0 Å². The lowest BCUT2D eigenvalue weighted by molar-refractivity contribution is 0.0853. The van der Waals surface area contributed by atoms with Crippen molar-refractivity contribution >= 4 is 22.1 Å². The van der Waals surface area contributed by atoms with Crippen LogP contribution in [0.4, 0.5) is 0 Å². The zero-order chi connectivity index (χ0) is 22.6. The van der Waals surface area contributed by atoms with Gasteiger partial charge in [-0.2, -0.15) is 0 Å². The predicted molar refractivity (Wildman–Crippen MR) is 116 cm³/mol. The number of carbonyl (C=O) groups is 1. The topological polar surface area (TPSA) is 122 Å². The summed E-state index contributed by atoms with van der Waals surface area (Å²) in [5.41, 5.74) is 0.452. The maximum absolute atomic E-state index is 12.5. The molecule has 9 nitrogen and oxygen atoms in total. The maximum Gasteiger partial charge on any atom is 0.259 e. The van der Waals surface area contributed by atoms with Crippen LogP contribution in [0.25, 0.3) is 0 Å². The highest BCUT2D eigenvalue weighted by Gasteiger charge is 2.24. The first kappa shape index (κ1) is 21.4. The summed E-state index contributed by atoms with van der Waals surface area (Å²) in [5.74, 6) is 0.329. The van der Waals surface area contributed by atoms with Crippen molar-refractivity contribution in [2.45, 2.75) is 16.7 Å². The molecule has 4 rings (SSSR count). The lowest BCUT2D eigenvalue weighted by Crippen LogP contribution is -2.32. The number of hydrogen-bond donors (Lipinski definition) is 1. The van der Waals surface area contributed by atoms with Crippen molar-refractivity contribution in [1.29, 1.82) is 0 Å². The van der Waals surface area contributed by atoms with E-state index in [-0.39, 0.29) is 40.8 Å². The molecular formula is C22H20N4O5S. The van der Waals surface area contributed by atoms with Gasteiger partial charge >= 0.3 is 0 Å². The molecule has 1 aliphatic rings. The van der Waals surface area contributed by atoms with Crippen molar-refractivity contribution in [3.05, 3.63) is 78.4 Å². The van der Waals surface area contributed by atoms with E-state index in [1.807, 2.05) is 0 Å². The van der Waals surface area contributed by atoms with E-state index in [4.69, 9.17) is 4.74 Å². The van der Waals surface area contributed by atoms with Crippen LogP contribution < -0.4 is 4.74 Å². The highest BCUT2D eigenvalue weighted by atomic mass is 32.2. The predicted octanol–water partition coefficient (Wildman–Crippen LogP) is 2.09. The summed E-state index contributed by atoms with van der Waals surface area (Å²) in [5, 5.41) is 9.35. The number of benzene rings is 2. The first-order valence-corrected chi connectivity index (χ1v) is 11.4. The number of phenolic OH excluding ortho intramolecular Hbond substituents is 1. The van der Waals surface area contributed by atoms with E-state index < -0.39 is 9.84 Å². The third-order valence-corrected chi connectivity index (χ3v) is 6.39. The Kier molecular flexibility index (Phi) is 6.13.